The zero-order chi connectivity index (χ0) is 11.0. The van der Waals surface area contributed by atoms with Crippen LogP contribution < -0.4 is 0 Å². The number of aromatic nitrogens is 1. The topological polar surface area (TPSA) is 22.1 Å². The molecule has 1 aromatic rings. The second-order valence-electron chi connectivity index (χ2n) is 4.99. The van der Waals surface area contributed by atoms with E-state index in [-0.39, 0.29) is 5.60 Å². The highest BCUT2D eigenvalue weighted by Crippen LogP contribution is 2.46. The summed E-state index contributed by atoms with van der Waals surface area (Å²) in [6, 6.07) is 0. The summed E-state index contributed by atoms with van der Waals surface area (Å²) in [6.07, 6.45) is 7.59. The minimum Gasteiger partial charge on any atom is -0.368 e. The molecule has 0 spiro atoms. The van der Waals surface area contributed by atoms with Crippen molar-refractivity contribution < 1.29 is 4.74 Å². The summed E-state index contributed by atoms with van der Waals surface area (Å²) >= 11 is 1.82. The molecule has 0 N–H and O–H groups in total. The molecule has 2 fully saturated rings. The largest absolute Gasteiger partial charge is 0.368 e. The smallest absolute Gasteiger partial charge is 0.125 e. The third-order valence-electron chi connectivity index (χ3n) is 3.74. The number of hydrogen-bond donors (Lipinski definition) is 0. The number of hydrogen-bond acceptors (Lipinski definition) is 3. The van der Waals surface area contributed by atoms with Crippen LogP contribution in [0.1, 0.15) is 62.1 Å². The van der Waals surface area contributed by atoms with Crippen molar-refractivity contribution in [2.45, 2.75) is 57.0 Å². The fourth-order valence-electron chi connectivity index (χ4n) is 2.70. The van der Waals surface area contributed by atoms with E-state index in [1.807, 2.05) is 11.3 Å². The Morgan fingerprint density at radius 1 is 1.44 bits per heavy atom. The van der Waals surface area contributed by atoms with Crippen LogP contribution in [0.2, 0.25) is 0 Å². The predicted molar refractivity (Wildman–Crippen MR) is 65.9 cm³/mol. The average molecular weight is 237 g/mol. The average Bonchev–Trinajstić information content (AvgIpc) is 2.83. The van der Waals surface area contributed by atoms with E-state index < -0.39 is 0 Å². The number of ether oxygens (including phenoxy) is 1. The van der Waals surface area contributed by atoms with Crippen molar-refractivity contribution in [1.82, 2.24) is 4.98 Å². The zero-order valence-corrected chi connectivity index (χ0v) is 10.7. The first kappa shape index (κ1) is 10.7. The lowest BCUT2D eigenvalue weighted by Crippen LogP contribution is -2.26. The summed E-state index contributed by atoms with van der Waals surface area (Å²) in [5.74, 6) is 0.769. The van der Waals surface area contributed by atoms with E-state index in [0.29, 0.717) is 0 Å². The van der Waals surface area contributed by atoms with Crippen molar-refractivity contribution in [3.63, 3.8) is 0 Å². The maximum atomic E-state index is 6.04. The van der Waals surface area contributed by atoms with Crippen molar-refractivity contribution in [2.75, 3.05) is 6.61 Å². The Kier molecular flexibility index (Phi) is 2.76. The van der Waals surface area contributed by atoms with Gasteiger partial charge in [-0.25, -0.2) is 4.98 Å². The maximum Gasteiger partial charge on any atom is 0.125 e. The monoisotopic (exact) mass is 237 g/mol. The summed E-state index contributed by atoms with van der Waals surface area (Å²) in [4.78, 5) is 4.84. The second-order valence-corrected chi connectivity index (χ2v) is 5.84. The van der Waals surface area contributed by atoms with Crippen LogP contribution in [0.5, 0.6) is 0 Å². The van der Waals surface area contributed by atoms with E-state index in [4.69, 9.17) is 9.72 Å². The molecule has 0 amide bonds. The van der Waals surface area contributed by atoms with Crippen molar-refractivity contribution in [3.8, 4) is 0 Å². The van der Waals surface area contributed by atoms with Gasteiger partial charge in [0, 0.05) is 17.9 Å². The first-order valence-corrected chi connectivity index (χ1v) is 7.32. The molecular weight excluding hydrogens is 218 g/mol. The second kappa shape index (κ2) is 4.11. The molecule has 0 bridgehead atoms. The number of nitrogens with zero attached hydrogens (tertiary/aromatic N) is 1. The highest BCUT2D eigenvalue weighted by molar-refractivity contribution is 7.09. The molecule has 2 aliphatic rings. The molecule has 3 heteroatoms. The molecule has 0 atom stereocenters. The highest BCUT2D eigenvalue weighted by Gasteiger charge is 2.40. The standard InChI is InChI=1S/C13H19NOS/c1-2-15-13(7-3-4-8-13)12-14-11(9-16-12)10-5-6-10/h9-10H,2-8H2,1H3. The van der Waals surface area contributed by atoms with E-state index in [1.54, 1.807) is 0 Å². The van der Waals surface area contributed by atoms with Gasteiger partial charge in [-0.05, 0) is 32.6 Å². The first-order valence-electron chi connectivity index (χ1n) is 6.44. The van der Waals surface area contributed by atoms with Gasteiger partial charge in [0.15, 0.2) is 0 Å². The van der Waals surface area contributed by atoms with Gasteiger partial charge in [-0.15, -0.1) is 11.3 Å². The van der Waals surface area contributed by atoms with Crippen molar-refractivity contribution in [2.24, 2.45) is 0 Å². The summed E-state index contributed by atoms with van der Waals surface area (Å²) in [5, 5.41) is 3.50. The summed E-state index contributed by atoms with van der Waals surface area (Å²) in [5.41, 5.74) is 1.30. The lowest BCUT2D eigenvalue weighted by atomic mass is 10.0. The minimum atomic E-state index is -0.0213. The molecule has 0 radical (unpaired) electrons. The van der Waals surface area contributed by atoms with E-state index in [9.17, 15) is 0 Å². The Morgan fingerprint density at radius 3 is 2.81 bits per heavy atom. The van der Waals surface area contributed by atoms with Crippen molar-refractivity contribution in [1.29, 1.82) is 0 Å². The first-order chi connectivity index (χ1) is 7.84. The molecule has 16 heavy (non-hydrogen) atoms. The molecule has 88 valence electrons. The molecule has 0 saturated heterocycles. The van der Waals surface area contributed by atoms with Crippen LogP contribution >= 0.6 is 11.3 Å². The van der Waals surface area contributed by atoms with Gasteiger partial charge >= 0.3 is 0 Å². The molecule has 1 heterocycles. The van der Waals surface area contributed by atoms with Crippen LogP contribution in [-0.4, -0.2) is 11.6 Å². The fraction of sp³-hybridized carbons (Fsp3) is 0.769. The quantitative estimate of drug-likeness (QED) is 0.794. The Bertz CT molecular complexity index is 364. The fourth-order valence-corrected chi connectivity index (χ4v) is 3.82. The summed E-state index contributed by atoms with van der Waals surface area (Å²) in [7, 11) is 0. The molecule has 3 rings (SSSR count). The molecule has 0 unspecified atom stereocenters. The Balaban J connectivity index is 1.86. The normalized spacial score (nSPS) is 23.8. The SMILES string of the molecule is CCOC1(c2nc(C3CC3)cs2)CCCC1. The Morgan fingerprint density at radius 2 is 2.19 bits per heavy atom. The molecule has 0 aliphatic heterocycles. The van der Waals surface area contributed by atoms with Crippen molar-refractivity contribution in [3.05, 3.63) is 16.1 Å². The molecule has 0 aromatic carbocycles. The zero-order valence-electron chi connectivity index (χ0n) is 9.87. The van der Waals surface area contributed by atoms with Crippen LogP contribution in [0.15, 0.2) is 5.38 Å². The van der Waals surface area contributed by atoms with Crippen LogP contribution in [0.25, 0.3) is 0 Å². The Hall–Kier alpha value is -0.410. The summed E-state index contributed by atoms with van der Waals surface area (Å²) in [6.45, 7) is 2.90. The van der Waals surface area contributed by atoms with Crippen LogP contribution in [0, 0.1) is 0 Å². The van der Waals surface area contributed by atoms with E-state index in [1.165, 1.54) is 49.2 Å². The van der Waals surface area contributed by atoms with Gasteiger partial charge in [0.05, 0.1) is 5.69 Å². The van der Waals surface area contributed by atoms with Gasteiger partial charge in [-0.1, -0.05) is 12.8 Å². The molecular formula is C13H19NOS. The molecule has 2 saturated carbocycles. The number of thiazole rings is 1. The van der Waals surface area contributed by atoms with Gasteiger partial charge in [-0.3, -0.25) is 0 Å². The van der Waals surface area contributed by atoms with Gasteiger partial charge in [0.25, 0.3) is 0 Å². The van der Waals surface area contributed by atoms with E-state index >= 15 is 0 Å². The van der Waals surface area contributed by atoms with Gasteiger partial charge in [0.1, 0.15) is 10.6 Å². The third kappa shape index (κ3) is 1.80. The van der Waals surface area contributed by atoms with Crippen LogP contribution in [0.3, 0.4) is 0 Å². The van der Waals surface area contributed by atoms with Crippen LogP contribution in [-0.2, 0) is 10.3 Å². The molecule has 2 aliphatic carbocycles. The highest BCUT2D eigenvalue weighted by atomic mass is 32.1. The van der Waals surface area contributed by atoms with Crippen LogP contribution in [0.4, 0.5) is 0 Å². The summed E-state index contributed by atoms with van der Waals surface area (Å²) < 4.78 is 6.04. The van der Waals surface area contributed by atoms with E-state index in [2.05, 4.69) is 12.3 Å². The van der Waals surface area contributed by atoms with E-state index in [0.717, 1.165) is 12.5 Å². The lowest BCUT2D eigenvalue weighted by Gasteiger charge is -2.26. The molecule has 2 nitrogen and oxygen atoms in total. The molecule has 1 aromatic heterocycles. The maximum absolute atomic E-state index is 6.04. The minimum absolute atomic E-state index is 0.0213. The predicted octanol–water partition coefficient (Wildman–Crippen LogP) is 3.83. The number of rotatable bonds is 4. The Labute approximate surface area is 101 Å². The van der Waals surface area contributed by atoms with Gasteiger partial charge < -0.3 is 4.74 Å². The third-order valence-corrected chi connectivity index (χ3v) is 4.79. The van der Waals surface area contributed by atoms with Crippen molar-refractivity contribution >= 4 is 11.3 Å². The van der Waals surface area contributed by atoms with Gasteiger partial charge in [-0.2, -0.15) is 0 Å². The van der Waals surface area contributed by atoms with Gasteiger partial charge in [0.2, 0.25) is 0 Å². The lowest BCUT2D eigenvalue weighted by molar-refractivity contribution is -0.0392.